The molecule has 3 aromatic rings. The summed E-state index contributed by atoms with van der Waals surface area (Å²) in [5.74, 6) is 0.641. The molecule has 1 atom stereocenters. The van der Waals surface area contributed by atoms with Gasteiger partial charge in [0.25, 0.3) is 0 Å². The van der Waals surface area contributed by atoms with Crippen LogP contribution in [0.1, 0.15) is 21.7 Å². The van der Waals surface area contributed by atoms with Crippen molar-refractivity contribution in [2.75, 3.05) is 13.7 Å². The minimum Gasteiger partial charge on any atom is -0.491 e. The van der Waals surface area contributed by atoms with E-state index in [1.54, 1.807) is 6.07 Å². The van der Waals surface area contributed by atoms with Crippen LogP contribution in [0.5, 0.6) is 5.75 Å². The summed E-state index contributed by atoms with van der Waals surface area (Å²) >= 11 is 0. The average Bonchev–Trinajstić information content (AvgIpc) is 2.99. The van der Waals surface area contributed by atoms with Gasteiger partial charge in [0.1, 0.15) is 23.7 Å². The first kappa shape index (κ1) is 19.8. The fourth-order valence-electron chi connectivity index (χ4n) is 2.80. The molecule has 5 nitrogen and oxygen atoms in total. The van der Waals surface area contributed by atoms with Crippen molar-refractivity contribution in [2.24, 2.45) is 5.73 Å². The Labute approximate surface area is 158 Å². The van der Waals surface area contributed by atoms with E-state index in [1.165, 1.54) is 7.11 Å². The van der Waals surface area contributed by atoms with Crippen LogP contribution < -0.4 is 10.5 Å². The SMILES string of the molecule is COC(=O)c1c(OCC(N)Cc2ccccc2)ccc2cc(C)oc12.Cl. The van der Waals surface area contributed by atoms with E-state index in [4.69, 9.17) is 19.6 Å². The minimum absolute atomic E-state index is 0. The van der Waals surface area contributed by atoms with Crippen LogP contribution in [0.15, 0.2) is 52.9 Å². The Kier molecular flexibility index (Phi) is 6.66. The maximum absolute atomic E-state index is 12.2. The third-order valence-corrected chi connectivity index (χ3v) is 3.95. The lowest BCUT2D eigenvalue weighted by atomic mass is 10.1. The predicted octanol–water partition coefficient (Wildman–Crippen LogP) is 3.90. The number of hydrogen-bond acceptors (Lipinski definition) is 5. The Bertz CT molecular complexity index is 876. The highest BCUT2D eigenvalue weighted by molar-refractivity contribution is 6.04. The molecule has 0 saturated carbocycles. The molecular formula is C20H22ClNO4. The molecule has 0 amide bonds. The molecule has 0 aliphatic heterocycles. The number of methoxy groups -OCH3 is 1. The molecule has 0 bridgehead atoms. The number of nitrogens with two attached hydrogens (primary N) is 1. The second kappa shape index (κ2) is 8.74. The van der Waals surface area contributed by atoms with Crippen LogP contribution in [0.2, 0.25) is 0 Å². The number of esters is 1. The van der Waals surface area contributed by atoms with Gasteiger partial charge < -0.3 is 19.6 Å². The monoisotopic (exact) mass is 375 g/mol. The van der Waals surface area contributed by atoms with Crippen molar-refractivity contribution in [3.63, 3.8) is 0 Å². The second-order valence-corrected chi connectivity index (χ2v) is 5.97. The van der Waals surface area contributed by atoms with Crippen LogP contribution in [0, 0.1) is 6.92 Å². The molecule has 2 N–H and O–H groups in total. The van der Waals surface area contributed by atoms with Gasteiger partial charge in [-0.25, -0.2) is 4.79 Å². The smallest absolute Gasteiger partial charge is 0.345 e. The fraction of sp³-hybridized carbons (Fsp3) is 0.250. The molecule has 138 valence electrons. The summed E-state index contributed by atoms with van der Waals surface area (Å²) in [5, 5.41) is 0.832. The summed E-state index contributed by atoms with van der Waals surface area (Å²) < 4.78 is 16.4. The van der Waals surface area contributed by atoms with Gasteiger partial charge in [0, 0.05) is 11.4 Å². The highest BCUT2D eigenvalue weighted by Crippen LogP contribution is 2.31. The quantitative estimate of drug-likeness (QED) is 0.661. The second-order valence-electron chi connectivity index (χ2n) is 5.97. The standard InChI is InChI=1S/C20H21NO4.ClH/c1-13-10-15-8-9-17(18(19(15)25-13)20(22)23-2)24-12-16(21)11-14-6-4-3-5-7-14;/h3-10,16H,11-12,21H2,1-2H3;1H. The minimum atomic E-state index is -0.494. The molecule has 1 heterocycles. The third kappa shape index (κ3) is 4.36. The summed E-state index contributed by atoms with van der Waals surface area (Å²) in [4.78, 5) is 12.2. The van der Waals surface area contributed by atoms with Gasteiger partial charge in [-0.1, -0.05) is 30.3 Å². The number of ether oxygens (including phenoxy) is 2. The van der Waals surface area contributed by atoms with E-state index in [0.717, 1.165) is 16.7 Å². The molecule has 1 unspecified atom stereocenters. The summed E-state index contributed by atoms with van der Waals surface area (Å²) in [6.07, 6.45) is 0.691. The normalized spacial score (nSPS) is 11.7. The maximum atomic E-state index is 12.2. The zero-order valence-electron chi connectivity index (χ0n) is 14.7. The van der Waals surface area contributed by atoms with Gasteiger partial charge in [-0.2, -0.15) is 0 Å². The first-order valence-electron chi connectivity index (χ1n) is 8.12. The van der Waals surface area contributed by atoms with Crippen molar-refractivity contribution < 1.29 is 18.7 Å². The maximum Gasteiger partial charge on any atom is 0.345 e. The molecule has 0 aliphatic carbocycles. The highest BCUT2D eigenvalue weighted by atomic mass is 35.5. The van der Waals surface area contributed by atoms with Gasteiger partial charge in [-0.05, 0) is 37.1 Å². The zero-order chi connectivity index (χ0) is 17.8. The third-order valence-electron chi connectivity index (χ3n) is 3.95. The van der Waals surface area contributed by atoms with Crippen LogP contribution in [0.3, 0.4) is 0 Å². The molecule has 1 aromatic heterocycles. The Morgan fingerprint density at radius 3 is 2.62 bits per heavy atom. The van der Waals surface area contributed by atoms with Crippen LogP contribution in [-0.4, -0.2) is 25.7 Å². The lowest BCUT2D eigenvalue weighted by molar-refractivity contribution is 0.0596. The molecule has 3 rings (SSSR count). The summed E-state index contributed by atoms with van der Waals surface area (Å²) in [6, 6.07) is 15.3. The number of carbonyl (C=O) groups is 1. The van der Waals surface area contributed by atoms with E-state index < -0.39 is 5.97 Å². The molecule has 0 radical (unpaired) electrons. The number of halogens is 1. The molecule has 26 heavy (non-hydrogen) atoms. The largest absolute Gasteiger partial charge is 0.491 e. The van der Waals surface area contributed by atoms with E-state index in [9.17, 15) is 4.79 Å². The van der Waals surface area contributed by atoms with Gasteiger partial charge in [0.05, 0.1) is 7.11 Å². The van der Waals surface area contributed by atoms with Gasteiger partial charge in [0.2, 0.25) is 0 Å². The van der Waals surface area contributed by atoms with Gasteiger partial charge in [-0.3, -0.25) is 0 Å². The number of benzene rings is 2. The van der Waals surface area contributed by atoms with Gasteiger partial charge >= 0.3 is 5.97 Å². The van der Waals surface area contributed by atoms with Crippen molar-refractivity contribution in [3.05, 3.63) is 65.4 Å². The van der Waals surface area contributed by atoms with Crippen molar-refractivity contribution in [2.45, 2.75) is 19.4 Å². The van der Waals surface area contributed by atoms with Crippen LogP contribution in [0.4, 0.5) is 0 Å². The molecule has 0 aliphatic rings. The molecular weight excluding hydrogens is 354 g/mol. The van der Waals surface area contributed by atoms with E-state index in [2.05, 4.69) is 0 Å². The molecule has 0 spiro atoms. The summed E-state index contributed by atoms with van der Waals surface area (Å²) in [7, 11) is 1.34. The Morgan fingerprint density at radius 1 is 1.19 bits per heavy atom. The number of rotatable bonds is 6. The number of aryl methyl sites for hydroxylation is 1. The van der Waals surface area contributed by atoms with Crippen molar-refractivity contribution in [1.29, 1.82) is 0 Å². The average molecular weight is 376 g/mol. The summed E-state index contributed by atoms with van der Waals surface area (Å²) in [5.41, 5.74) is 8.07. The van der Waals surface area contributed by atoms with Gasteiger partial charge in [0.15, 0.2) is 5.58 Å². The van der Waals surface area contributed by atoms with E-state index in [1.807, 2.05) is 49.4 Å². The molecule has 0 saturated heterocycles. The molecule has 6 heteroatoms. The zero-order valence-corrected chi connectivity index (χ0v) is 15.5. The summed E-state index contributed by atoms with van der Waals surface area (Å²) in [6.45, 7) is 2.11. The molecule has 0 fully saturated rings. The van der Waals surface area contributed by atoms with E-state index in [0.29, 0.717) is 23.3 Å². The van der Waals surface area contributed by atoms with Crippen molar-refractivity contribution >= 4 is 29.3 Å². The lowest BCUT2D eigenvalue weighted by Gasteiger charge is -2.15. The first-order chi connectivity index (χ1) is 12.1. The number of fused-ring (bicyclic) bond motifs is 1. The molecule has 2 aromatic carbocycles. The fourth-order valence-corrected chi connectivity index (χ4v) is 2.80. The predicted molar refractivity (Wildman–Crippen MR) is 103 cm³/mol. The van der Waals surface area contributed by atoms with Gasteiger partial charge in [-0.15, -0.1) is 12.4 Å². The topological polar surface area (TPSA) is 74.7 Å². The highest BCUT2D eigenvalue weighted by Gasteiger charge is 2.21. The first-order valence-corrected chi connectivity index (χ1v) is 8.12. The van der Waals surface area contributed by atoms with Crippen LogP contribution in [-0.2, 0) is 11.2 Å². The van der Waals surface area contributed by atoms with E-state index in [-0.39, 0.29) is 25.1 Å². The Hall–Kier alpha value is -2.50. The Morgan fingerprint density at radius 2 is 1.92 bits per heavy atom. The number of hydrogen-bond donors (Lipinski definition) is 1. The van der Waals surface area contributed by atoms with Crippen LogP contribution in [0.25, 0.3) is 11.0 Å². The van der Waals surface area contributed by atoms with Crippen molar-refractivity contribution in [1.82, 2.24) is 0 Å². The number of furan rings is 1. The lowest BCUT2D eigenvalue weighted by Crippen LogP contribution is -2.30. The van der Waals surface area contributed by atoms with Crippen molar-refractivity contribution in [3.8, 4) is 5.75 Å². The van der Waals surface area contributed by atoms with E-state index >= 15 is 0 Å². The Balaban J connectivity index is 0.00000243. The van der Waals surface area contributed by atoms with Crippen LogP contribution >= 0.6 is 12.4 Å². The number of carbonyl (C=O) groups excluding carboxylic acids is 1.